The molecule has 0 amide bonds. The number of fused-ring (bicyclic) bond motifs is 1. The second-order valence-corrected chi connectivity index (χ2v) is 5.83. The van der Waals surface area contributed by atoms with E-state index >= 15 is 0 Å². The molecule has 0 aliphatic carbocycles. The van der Waals surface area contributed by atoms with Crippen molar-refractivity contribution in [1.82, 2.24) is 0 Å². The van der Waals surface area contributed by atoms with Gasteiger partial charge in [0.1, 0.15) is 10.4 Å². The standard InChI is InChI=1S/C17H17FNOS/c1-20-14-9-7-13(8-10-14)17-19(12-4-11-18)15-5-2-3-6-16(15)21-17/h2-3,5-10H,4,11-12H2,1H3/q+1. The molecule has 2 nitrogen and oxygen atoms in total. The first-order chi connectivity index (χ1) is 10.3. The van der Waals surface area contributed by atoms with Crippen molar-refractivity contribution < 1.29 is 13.7 Å². The number of thiazole rings is 1. The number of aryl methyl sites for hydroxylation is 1. The number of alkyl halides is 1. The molecule has 0 aliphatic heterocycles. The molecule has 0 N–H and O–H groups in total. The lowest BCUT2D eigenvalue weighted by atomic mass is 10.2. The maximum Gasteiger partial charge on any atom is 0.270 e. The van der Waals surface area contributed by atoms with Crippen LogP contribution in [0.4, 0.5) is 4.39 Å². The fourth-order valence-electron chi connectivity index (χ4n) is 2.42. The zero-order valence-electron chi connectivity index (χ0n) is 11.9. The molecule has 0 spiro atoms. The topological polar surface area (TPSA) is 13.1 Å². The molecular formula is C17H17FNOS+. The van der Waals surface area contributed by atoms with Crippen molar-refractivity contribution >= 4 is 21.6 Å². The number of para-hydroxylation sites is 1. The number of benzene rings is 2. The largest absolute Gasteiger partial charge is 0.497 e. The van der Waals surface area contributed by atoms with E-state index in [9.17, 15) is 4.39 Å². The van der Waals surface area contributed by atoms with Crippen LogP contribution >= 0.6 is 11.3 Å². The fourth-order valence-corrected chi connectivity index (χ4v) is 3.61. The summed E-state index contributed by atoms with van der Waals surface area (Å²) in [5.41, 5.74) is 2.30. The zero-order valence-corrected chi connectivity index (χ0v) is 12.7. The highest BCUT2D eigenvalue weighted by atomic mass is 32.1. The Morgan fingerprint density at radius 3 is 2.57 bits per heavy atom. The van der Waals surface area contributed by atoms with Crippen LogP contribution in [0, 0.1) is 0 Å². The van der Waals surface area contributed by atoms with Gasteiger partial charge in [-0.15, -0.1) is 0 Å². The Morgan fingerprint density at radius 1 is 1.10 bits per heavy atom. The highest BCUT2D eigenvalue weighted by molar-refractivity contribution is 7.21. The average molecular weight is 302 g/mol. The summed E-state index contributed by atoms with van der Waals surface area (Å²) in [6.07, 6.45) is 0.536. The van der Waals surface area contributed by atoms with Gasteiger partial charge in [0, 0.05) is 12.5 Å². The second-order valence-electron chi connectivity index (χ2n) is 4.80. The van der Waals surface area contributed by atoms with Gasteiger partial charge in [0.2, 0.25) is 5.52 Å². The van der Waals surface area contributed by atoms with E-state index in [0.29, 0.717) is 13.0 Å². The first-order valence-electron chi connectivity index (χ1n) is 6.95. The van der Waals surface area contributed by atoms with Crippen molar-refractivity contribution in [2.45, 2.75) is 13.0 Å². The van der Waals surface area contributed by atoms with E-state index in [2.05, 4.69) is 28.8 Å². The van der Waals surface area contributed by atoms with Gasteiger partial charge in [-0.2, -0.15) is 4.57 Å². The molecule has 0 aliphatic rings. The average Bonchev–Trinajstić information content (AvgIpc) is 2.91. The van der Waals surface area contributed by atoms with Gasteiger partial charge in [-0.25, -0.2) is 0 Å². The predicted octanol–water partition coefficient (Wildman–Crippen LogP) is 4.22. The Balaban J connectivity index is 2.10. The first kappa shape index (κ1) is 14.0. The van der Waals surface area contributed by atoms with Gasteiger partial charge < -0.3 is 4.74 Å². The van der Waals surface area contributed by atoms with Gasteiger partial charge in [-0.05, 0) is 30.3 Å². The van der Waals surface area contributed by atoms with Gasteiger partial charge in [-0.3, -0.25) is 4.39 Å². The van der Waals surface area contributed by atoms with Crippen molar-refractivity contribution in [2.75, 3.05) is 13.8 Å². The van der Waals surface area contributed by atoms with E-state index in [0.717, 1.165) is 16.3 Å². The molecular weight excluding hydrogens is 285 g/mol. The summed E-state index contributed by atoms with van der Waals surface area (Å²) in [4.78, 5) is 0. The summed E-state index contributed by atoms with van der Waals surface area (Å²) in [5.74, 6) is 0.843. The van der Waals surface area contributed by atoms with Crippen molar-refractivity contribution in [3.63, 3.8) is 0 Å². The van der Waals surface area contributed by atoms with Crippen LogP contribution < -0.4 is 9.30 Å². The number of hydrogen-bond donors (Lipinski definition) is 0. The van der Waals surface area contributed by atoms with E-state index in [1.807, 2.05) is 24.3 Å². The Bertz CT molecular complexity index is 736. The van der Waals surface area contributed by atoms with Crippen molar-refractivity contribution in [2.24, 2.45) is 0 Å². The molecule has 0 bridgehead atoms. The second kappa shape index (κ2) is 6.22. The fraction of sp³-hybridized carbons (Fsp3) is 0.235. The molecule has 0 saturated heterocycles. The number of rotatable bonds is 5. The van der Waals surface area contributed by atoms with Crippen LogP contribution in [0.3, 0.4) is 0 Å². The molecule has 3 rings (SSSR count). The number of halogens is 1. The monoisotopic (exact) mass is 302 g/mol. The van der Waals surface area contributed by atoms with Gasteiger partial charge >= 0.3 is 0 Å². The van der Waals surface area contributed by atoms with E-state index in [4.69, 9.17) is 4.74 Å². The smallest absolute Gasteiger partial charge is 0.270 e. The molecule has 0 fully saturated rings. The molecule has 0 radical (unpaired) electrons. The van der Waals surface area contributed by atoms with Gasteiger partial charge in [-0.1, -0.05) is 23.5 Å². The van der Waals surface area contributed by atoms with Gasteiger partial charge in [0.05, 0.1) is 19.3 Å². The van der Waals surface area contributed by atoms with E-state index < -0.39 is 0 Å². The molecule has 1 aromatic heterocycles. The van der Waals surface area contributed by atoms with E-state index in [1.165, 1.54) is 10.2 Å². The lowest BCUT2D eigenvalue weighted by Gasteiger charge is -2.01. The summed E-state index contributed by atoms with van der Waals surface area (Å²) < 4.78 is 21.2. The van der Waals surface area contributed by atoms with Crippen LogP contribution in [-0.2, 0) is 6.54 Å². The highest BCUT2D eigenvalue weighted by Gasteiger charge is 2.21. The van der Waals surface area contributed by atoms with E-state index in [-0.39, 0.29) is 6.67 Å². The Hall–Kier alpha value is -1.94. The van der Waals surface area contributed by atoms with Crippen LogP contribution in [0.2, 0.25) is 0 Å². The minimum absolute atomic E-state index is 0.292. The molecule has 108 valence electrons. The highest BCUT2D eigenvalue weighted by Crippen LogP contribution is 2.29. The third kappa shape index (κ3) is 2.76. The van der Waals surface area contributed by atoms with Crippen molar-refractivity contribution in [3.8, 4) is 16.3 Å². The predicted molar refractivity (Wildman–Crippen MR) is 84.6 cm³/mol. The van der Waals surface area contributed by atoms with Gasteiger partial charge in [0.25, 0.3) is 5.01 Å². The minimum Gasteiger partial charge on any atom is -0.497 e. The molecule has 4 heteroatoms. The first-order valence-corrected chi connectivity index (χ1v) is 7.77. The maximum atomic E-state index is 12.6. The summed E-state index contributed by atoms with van der Waals surface area (Å²) in [6, 6.07) is 16.3. The molecule has 3 aromatic rings. The SMILES string of the molecule is COc1ccc(-c2sc3ccccc3[n+]2CCCF)cc1. The maximum absolute atomic E-state index is 12.6. The van der Waals surface area contributed by atoms with Crippen LogP contribution in [0.25, 0.3) is 20.8 Å². The molecule has 1 heterocycles. The molecule has 0 unspecified atom stereocenters. The third-order valence-corrected chi connectivity index (χ3v) is 4.67. The van der Waals surface area contributed by atoms with Crippen LogP contribution in [0.5, 0.6) is 5.75 Å². The van der Waals surface area contributed by atoms with Crippen LogP contribution in [0.15, 0.2) is 48.5 Å². The lowest BCUT2D eigenvalue weighted by molar-refractivity contribution is -0.657. The zero-order chi connectivity index (χ0) is 14.7. The number of hydrogen-bond acceptors (Lipinski definition) is 2. The van der Waals surface area contributed by atoms with Crippen LogP contribution in [-0.4, -0.2) is 13.8 Å². The lowest BCUT2D eigenvalue weighted by Crippen LogP contribution is -2.34. The quantitative estimate of drug-likeness (QED) is 0.643. The Kier molecular flexibility index (Phi) is 4.15. The van der Waals surface area contributed by atoms with Crippen molar-refractivity contribution in [3.05, 3.63) is 48.5 Å². The van der Waals surface area contributed by atoms with Crippen molar-refractivity contribution in [1.29, 1.82) is 0 Å². The minimum atomic E-state index is -0.292. The third-order valence-electron chi connectivity index (χ3n) is 3.46. The summed E-state index contributed by atoms with van der Waals surface area (Å²) >= 11 is 1.74. The number of ether oxygens (including phenoxy) is 1. The van der Waals surface area contributed by atoms with E-state index in [1.54, 1.807) is 18.4 Å². The summed E-state index contributed by atoms with van der Waals surface area (Å²) in [6.45, 7) is 0.404. The summed E-state index contributed by atoms with van der Waals surface area (Å²) in [7, 11) is 1.66. The molecule has 0 saturated carbocycles. The number of nitrogens with zero attached hydrogens (tertiary/aromatic N) is 1. The molecule has 21 heavy (non-hydrogen) atoms. The number of methoxy groups -OCH3 is 1. The normalized spacial score (nSPS) is 11.0. The number of aromatic nitrogens is 1. The molecule has 2 aromatic carbocycles. The Labute approximate surface area is 127 Å². The molecule has 0 atom stereocenters. The Morgan fingerprint density at radius 2 is 1.86 bits per heavy atom. The van der Waals surface area contributed by atoms with Crippen LogP contribution in [0.1, 0.15) is 6.42 Å². The van der Waals surface area contributed by atoms with Gasteiger partial charge in [0.15, 0.2) is 6.54 Å². The summed E-state index contributed by atoms with van der Waals surface area (Å²) in [5, 5.41) is 1.16.